The van der Waals surface area contributed by atoms with Crippen molar-refractivity contribution in [3.05, 3.63) is 11.8 Å². The van der Waals surface area contributed by atoms with E-state index in [2.05, 4.69) is 33.1 Å². The van der Waals surface area contributed by atoms with Crippen molar-refractivity contribution >= 4 is 8.07 Å². The maximum atomic E-state index is 10.2. The highest BCUT2D eigenvalue weighted by atomic mass is 28.3. The van der Waals surface area contributed by atoms with Crippen molar-refractivity contribution < 1.29 is 9.84 Å². The third-order valence-electron chi connectivity index (χ3n) is 3.43. The van der Waals surface area contributed by atoms with Gasteiger partial charge in [-0.1, -0.05) is 44.6 Å². The number of aliphatic hydroxyl groups is 1. The molecule has 94 valence electrons. The van der Waals surface area contributed by atoms with Gasteiger partial charge in [0.1, 0.15) is 6.10 Å². The minimum absolute atomic E-state index is 0.0787. The lowest BCUT2D eigenvalue weighted by Crippen LogP contribution is -2.37. The van der Waals surface area contributed by atoms with Crippen molar-refractivity contribution in [1.82, 2.24) is 0 Å². The van der Waals surface area contributed by atoms with Crippen molar-refractivity contribution in [2.24, 2.45) is 5.92 Å². The molecule has 0 aliphatic carbocycles. The molecule has 2 nitrogen and oxygen atoms in total. The van der Waals surface area contributed by atoms with Gasteiger partial charge < -0.3 is 9.84 Å². The maximum absolute atomic E-state index is 10.2. The van der Waals surface area contributed by atoms with Crippen molar-refractivity contribution in [1.29, 1.82) is 0 Å². The van der Waals surface area contributed by atoms with E-state index in [1.165, 1.54) is 11.6 Å². The van der Waals surface area contributed by atoms with Gasteiger partial charge in [-0.3, -0.25) is 0 Å². The van der Waals surface area contributed by atoms with Crippen LogP contribution in [0.3, 0.4) is 0 Å². The highest BCUT2D eigenvalue weighted by Crippen LogP contribution is 2.33. The predicted molar refractivity (Wildman–Crippen MR) is 71.2 cm³/mol. The average Bonchev–Trinajstić information content (AvgIpc) is 2.99. The molecule has 0 amide bonds. The molecule has 0 aromatic rings. The summed E-state index contributed by atoms with van der Waals surface area (Å²) in [7, 11) is -1.36. The monoisotopic (exact) mass is 242 g/mol. The van der Waals surface area contributed by atoms with E-state index in [-0.39, 0.29) is 18.1 Å². The van der Waals surface area contributed by atoms with Crippen LogP contribution in [0.2, 0.25) is 19.6 Å². The Morgan fingerprint density at radius 2 is 2.06 bits per heavy atom. The Bertz CT molecular complexity index is 241. The molecule has 1 rings (SSSR count). The van der Waals surface area contributed by atoms with Crippen LogP contribution in [0.1, 0.15) is 26.2 Å². The molecule has 3 heteroatoms. The van der Waals surface area contributed by atoms with Crippen LogP contribution in [0, 0.1) is 5.92 Å². The number of unbranched alkanes of at least 4 members (excludes halogenated alkanes) is 1. The fourth-order valence-corrected chi connectivity index (χ4v) is 3.47. The number of hydrogen-bond acceptors (Lipinski definition) is 2. The lowest BCUT2D eigenvalue weighted by atomic mass is 9.94. The second kappa shape index (κ2) is 5.47. The topological polar surface area (TPSA) is 32.8 Å². The summed E-state index contributed by atoms with van der Waals surface area (Å²) in [4.78, 5) is 0. The Balaban J connectivity index is 2.65. The summed E-state index contributed by atoms with van der Waals surface area (Å²) < 4.78 is 5.22. The molecule has 1 N–H and O–H groups in total. The van der Waals surface area contributed by atoms with Crippen molar-refractivity contribution in [3.63, 3.8) is 0 Å². The van der Waals surface area contributed by atoms with Crippen molar-refractivity contribution in [2.45, 2.75) is 58.0 Å². The Hall–Kier alpha value is -0.123. The van der Waals surface area contributed by atoms with Crippen LogP contribution in [0.4, 0.5) is 0 Å². The lowest BCUT2D eigenvalue weighted by Gasteiger charge is -2.31. The molecule has 1 fully saturated rings. The zero-order valence-electron chi connectivity index (χ0n) is 11.1. The fraction of sp³-hybridized carbons (Fsp3) is 0.846. The third kappa shape index (κ3) is 3.72. The molecule has 16 heavy (non-hydrogen) atoms. The largest absolute Gasteiger partial charge is 0.390 e. The standard InChI is InChI=1S/C13H26O2Si/c1-6-7-8-11(10(2)16(3,4)5)13(14)12-9-15-12/h11-14H,2,6-9H2,1,3-5H3/t11-,12-,13+/m0/s1. The molecule has 0 saturated carbocycles. The molecule has 0 unspecified atom stereocenters. The molecule has 0 aromatic carbocycles. The number of aliphatic hydroxyl groups excluding tert-OH is 1. The molecule has 0 bridgehead atoms. The first kappa shape index (κ1) is 13.9. The fourth-order valence-electron chi connectivity index (χ4n) is 2.04. The van der Waals surface area contributed by atoms with E-state index in [0.29, 0.717) is 0 Å². The first-order chi connectivity index (χ1) is 7.38. The first-order valence-electron chi connectivity index (χ1n) is 6.37. The normalized spacial score (nSPS) is 23.9. The summed E-state index contributed by atoms with van der Waals surface area (Å²) in [5.41, 5.74) is 0. The zero-order valence-corrected chi connectivity index (χ0v) is 12.1. The van der Waals surface area contributed by atoms with Gasteiger partial charge in [-0.2, -0.15) is 0 Å². The van der Waals surface area contributed by atoms with E-state index in [1.54, 1.807) is 0 Å². The van der Waals surface area contributed by atoms with Crippen molar-refractivity contribution in [3.8, 4) is 0 Å². The number of epoxide rings is 1. The van der Waals surface area contributed by atoms with E-state index in [9.17, 15) is 5.11 Å². The second-order valence-corrected chi connectivity index (χ2v) is 11.0. The van der Waals surface area contributed by atoms with E-state index >= 15 is 0 Å². The average molecular weight is 242 g/mol. The summed E-state index contributed by atoms with van der Waals surface area (Å²) in [5.74, 6) is 0.249. The van der Waals surface area contributed by atoms with Crippen LogP contribution >= 0.6 is 0 Å². The summed E-state index contributed by atoms with van der Waals surface area (Å²) in [5, 5.41) is 11.5. The van der Waals surface area contributed by atoms with Crippen LogP contribution in [-0.4, -0.2) is 32.0 Å². The Morgan fingerprint density at radius 3 is 2.44 bits per heavy atom. The first-order valence-corrected chi connectivity index (χ1v) is 9.87. The van der Waals surface area contributed by atoms with Crippen LogP contribution in [0.5, 0.6) is 0 Å². The van der Waals surface area contributed by atoms with E-state index in [4.69, 9.17) is 4.74 Å². The summed E-state index contributed by atoms with van der Waals surface area (Å²) in [6.45, 7) is 14.1. The SMILES string of the molecule is C=C([C@H](CCCC)[C@@H](O)[C@@H]1CO1)[Si](C)(C)C. The highest BCUT2D eigenvalue weighted by Gasteiger charge is 2.39. The number of hydrogen-bond donors (Lipinski definition) is 1. The highest BCUT2D eigenvalue weighted by molar-refractivity contribution is 6.83. The summed E-state index contributed by atoms with van der Waals surface area (Å²) in [6.07, 6.45) is 3.15. The molecular formula is C13H26O2Si. The van der Waals surface area contributed by atoms with Gasteiger partial charge in [0.25, 0.3) is 0 Å². The minimum atomic E-state index is -1.36. The molecular weight excluding hydrogens is 216 g/mol. The predicted octanol–water partition coefficient (Wildman–Crippen LogP) is 2.99. The minimum Gasteiger partial charge on any atom is -0.390 e. The molecule has 3 atom stereocenters. The number of rotatable bonds is 7. The third-order valence-corrected chi connectivity index (χ3v) is 5.73. The maximum Gasteiger partial charge on any atom is 0.107 e. The van der Waals surface area contributed by atoms with Crippen LogP contribution in [0.15, 0.2) is 11.8 Å². The molecule has 0 aromatic heterocycles. The lowest BCUT2D eigenvalue weighted by molar-refractivity contribution is 0.0894. The van der Waals surface area contributed by atoms with Gasteiger partial charge in [-0.05, 0) is 6.42 Å². The van der Waals surface area contributed by atoms with Crippen LogP contribution < -0.4 is 0 Å². The van der Waals surface area contributed by atoms with E-state index in [0.717, 1.165) is 19.4 Å². The summed E-state index contributed by atoms with van der Waals surface area (Å²) in [6, 6.07) is 0. The Labute approximate surface area is 101 Å². The van der Waals surface area contributed by atoms with E-state index in [1.807, 2.05) is 0 Å². The molecule has 0 spiro atoms. The van der Waals surface area contributed by atoms with Crippen molar-refractivity contribution in [2.75, 3.05) is 6.61 Å². The number of ether oxygens (including phenoxy) is 1. The van der Waals surface area contributed by atoms with Gasteiger partial charge in [-0.15, -0.1) is 6.58 Å². The summed E-state index contributed by atoms with van der Waals surface area (Å²) >= 11 is 0. The second-order valence-electron chi connectivity index (χ2n) is 5.89. The van der Waals surface area contributed by atoms with Gasteiger partial charge in [0.15, 0.2) is 0 Å². The van der Waals surface area contributed by atoms with E-state index < -0.39 is 8.07 Å². The molecule has 1 aliphatic heterocycles. The molecule has 0 radical (unpaired) electrons. The van der Waals surface area contributed by atoms with Gasteiger partial charge in [-0.25, -0.2) is 0 Å². The van der Waals surface area contributed by atoms with Crippen LogP contribution in [-0.2, 0) is 4.74 Å². The van der Waals surface area contributed by atoms with Gasteiger partial charge in [0.05, 0.1) is 20.8 Å². The quantitative estimate of drug-likeness (QED) is 0.550. The Morgan fingerprint density at radius 1 is 1.50 bits per heavy atom. The Kier molecular flexibility index (Phi) is 4.77. The smallest absolute Gasteiger partial charge is 0.107 e. The van der Waals surface area contributed by atoms with Gasteiger partial charge in [0.2, 0.25) is 0 Å². The zero-order chi connectivity index (χ0) is 12.3. The van der Waals surface area contributed by atoms with Gasteiger partial charge >= 0.3 is 0 Å². The van der Waals surface area contributed by atoms with Gasteiger partial charge in [0, 0.05) is 5.92 Å². The van der Waals surface area contributed by atoms with Crippen LogP contribution in [0.25, 0.3) is 0 Å². The molecule has 1 saturated heterocycles. The molecule has 1 aliphatic rings. The molecule has 1 heterocycles.